The zero-order chi connectivity index (χ0) is 17.5. The third-order valence-electron chi connectivity index (χ3n) is 4.52. The lowest BCUT2D eigenvalue weighted by Crippen LogP contribution is -2.39. The van der Waals surface area contributed by atoms with Crippen molar-refractivity contribution >= 4 is 51.3 Å². The van der Waals surface area contributed by atoms with Crippen molar-refractivity contribution in [3.05, 3.63) is 72.2 Å². The Morgan fingerprint density at radius 2 is 2.12 bits per heavy atom. The highest BCUT2D eigenvalue weighted by molar-refractivity contribution is 7.17. The third kappa shape index (κ3) is 2.75. The maximum atomic E-state index is 13.3. The van der Waals surface area contributed by atoms with Crippen molar-refractivity contribution < 1.29 is 4.79 Å². The van der Waals surface area contributed by atoms with Crippen LogP contribution >= 0.6 is 45.3 Å². The van der Waals surface area contributed by atoms with Gasteiger partial charge in [0.05, 0.1) is 12.2 Å². The van der Waals surface area contributed by atoms with Crippen LogP contribution in [0.25, 0.3) is 10.6 Å². The van der Waals surface area contributed by atoms with Crippen molar-refractivity contribution in [2.24, 2.45) is 0 Å². The molecular weight excluding hydrogens is 400 g/mol. The average Bonchev–Trinajstić information content (AvgIpc) is 3.47. The van der Waals surface area contributed by atoms with Crippen LogP contribution in [0.4, 0.5) is 0 Å². The van der Waals surface area contributed by atoms with Gasteiger partial charge in [-0.05, 0) is 46.3 Å². The number of rotatable bonds is 3. The van der Waals surface area contributed by atoms with Crippen LogP contribution in [-0.4, -0.2) is 22.3 Å². The molecule has 0 bridgehead atoms. The fourth-order valence-corrected chi connectivity index (χ4v) is 6.66. The van der Waals surface area contributed by atoms with Gasteiger partial charge in [0, 0.05) is 27.2 Å². The molecule has 1 unspecified atom stereocenters. The van der Waals surface area contributed by atoms with Crippen LogP contribution in [0.2, 0.25) is 0 Å². The summed E-state index contributed by atoms with van der Waals surface area (Å²) in [4.78, 5) is 23.2. The molecule has 5 rings (SSSR count). The quantitative estimate of drug-likeness (QED) is 0.425. The maximum Gasteiger partial charge on any atom is 0.266 e. The van der Waals surface area contributed by atoms with Crippen LogP contribution in [-0.2, 0) is 6.42 Å². The second kappa shape index (κ2) is 6.74. The average molecular weight is 415 g/mol. The Kier molecular flexibility index (Phi) is 4.24. The molecule has 0 aromatic carbocycles. The van der Waals surface area contributed by atoms with E-state index in [1.165, 1.54) is 26.7 Å². The number of hydrogen-bond donors (Lipinski definition) is 0. The van der Waals surface area contributed by atoms with E-state index in [1.807, 2.05) is 16.3 Å². The molecule has 1 aliphatic heterocycles. The summed E-state index contributed by atoms with van der Waals surface area (Å²) in [5.74, 6) is 0.0826. The Morgan fingerprint density at radius 1 is 1.15 bits per heavy atom. The molecule has 0 fully saturated rings. The summed E-state index contributed by atoms with van der Waals surface area (Å²) in [6.45, 7) is 0.751. The first-order valence-corrected chi connectivity index (χ1v) is 11.7. The van der Waals surface area contributed by atoms with E-state index in [-0.39, 0.29) is 11.9 Å². The number of amides is 1. The second-order valence-corrected chi connectivity index (χ2v) is 9.80. The molecule has 1 aliphatic rings. The van der Waals surface area contributed by atoms with Crippen molar-refractivity contribution in [1.29, 1.82) is 0 Å². The number of carbonyl (C=O) groups excluding carboxylic acids is 1. The number of fused-ring (bicyclic) bond motifs is 1. The highest BCUT2D eigenvalue weighted by atomic mass is 32.1. The van der Waals surface area contributed by atoms with Gasteiger partial charge in [-0.1, -0.05) is 6.07 Å². The molecule has 26 heavy (non-hydrogen) atoms. The monoisotopic (exact) mass is 414 g/mol. The minimum atomic E-state index is 0.0178. The number of hydrogen-bond acceptors (Lipinski definition) is 6. The van der Waals surface area contributed by atoms with Gasteiger partial charge in [-0.25, -0.2) is 4.98 Å². The molecule has 0 N–H and O–H groups in total. The number of aromatic nitrogens is 1. The number of thiazole rings is 1. The van der Waals surface area contributed by atoms with Crippen LogP contribution in [0, 0.1) is 0 Å². The first-order chi connectivity index (χ1) is 12.8. The topological polar surface area (TPSA) is 33.2 Å². The molecule has 0 saturated heterocycles. The molecule has 5 heterocycles. The Bertz CT molecular complexity index is 1030. The van der Waals surface area contributed by atoms with E-state index in [9.17, 15) is 4.79 Å². The Balaban J connectivity index is 1.51. The Labute approximate surface area is 167 Å². The fraction of sp³-hybridized carbons (Fsp3) is 0.158. The van der Waals surface area contributed by atoms with Gasteiger partial charge >= 0.3 is 0 Å². The Morgan fingerprint density at radius 3 is 2.92 bits per heavy atom. The molecule has 4 aromatic heterocycles. The highest BCUT2D eigenvalue weighted by Crippen LogP contribution is 2.40. The molecule has 1 amide bonds. The van der Waals surface area contributed by atoms with Gasteiger partial charge in [0.2, 0.25) is 0 Å². The first kappa shape index (κ1) is 16.4. The molecule has 1 atom stereocenters. The van der Waals surface area contributed by atoms with E-state index in [0.717, 1.165) is 23.5 Å². The van der Waals surface area contributed by atoms with Crippen LogP contribution in [0.15, 0.2) is 52.0 Å². The minimum Gasteiger partial charge on any atom is -0.326 e. The minimum absolute atomic E-state index is 0.0178. The summed E-state index contributed by atoms with van der Waals surface area (Å²) in [6, 6.07) is 8.43. The Hall–Kier alpha value is -1.80. The molecule has 0 radical (unpaired) electrons. The standard InChI is InChI=1S/C19H14N2OS4/c22-19(16-10-20-18(26-16)12-4-8-23-11-12)21-6-3-14-13(5-9-25-14)17(21)15-2-1-7-24-15/h1-2,4-5,7-11,17H,3,6H2. The zero-order valence-electron chi connectivity index (χ0n) is 13.6. The summed E-state index contributed by atoms with van der Waals surface area (Å²) >= 11 is 6.64. The van der Waals surface area contributed by atoms with E-state index in [2.05, 4.69) is 39.3 Å². The zero-order valence-corrected chi connectivity index (χ0v) is 16.9. The molecule has 130 valence electrons. The van der Waals surface area contributed by atoms with Crippen molar-refractivity contribution in [2.75, 3.05) is 6.54 Å². The molecule has 4 aromatic rings. The molecule has 0 saturated carbocycles. The molecular formula is C19H14N2OS4. The smallest absolute Gasteiger partial charge is 0.266 e. The van der Waals surface area contributed by atoms with Crippen molar-refractivity contribution in [1.82, 2.24) is 9.88 Å². The normalized spacial score (nSPS) is 16.6. The summed E-state index contributed by atoms with van der Waals surface area (Å²) < 4.78 is 0. The van der Waals surface area contributed by atoms with Crippen LogP contribution in [0.1, 0.15) is 31.0 Å². The van der Waals surface area contributed by atoms with Crippen molar-refractivity contribution in [3.8, 4) is 10.6 Å². The van der Waals surface area contributed by atoms with Gasteiger partial charge in [-0.3, -0.25) is 4.79 Å². The van der Waals surface area contributed by atoms with Crippen LogP contribution < -0.4 is 0 Å². The lowest BCUT2D eigenvalue weighted by atomic mass is 9.98. The highest BCUT2D eigenvalue weighted by Gasteiger charge is 2.34. The molecule has 3 nitrogen and oxygen atoms in total. The van der Waals surface area contributed by atoms with E-state index in [4.69, 9.17) is 0 Å². The second-order valence-electron chi connectivity index (χ2n) is 6.01. The summed E-state index contributed by atoms with van der Waals surface area (Å²) in [7, 11) is 0. The molecule has 0 aliphatic carbocycles. The van der Waals surface area contributed by atoms with E-state index < -0.39 is 0 Å². The summed E-state index contributed by atoms with van der Waals surface area (Å²) in [5.41, 5.74) is 2.37. The number of carbonyl (C=O) groups is 1. The van der Waals surface area contributed by atoms with Gasteiger partial charge in [0.15, 0.2) is 0 Å². The lowest BCUT2D eigenvalue weighted by molar-refractivity contribution is 0.0703. The van der Waals surface area contributed by atoms with Gasteiger partial charge in [-0.2, -0.15) is 11.3 Å². The first-order valence-electron chi connectivity index (χ1n) is 8.20. The summed E-state index contributed by atoms with van der Waals surface area (Å²) in [6.07, 6.45) is 2.66. The predicted molar refractivity (Wildman–Crippen MR) is 111 cm³/mol. The van der Waals surface area contributed by atoms with E-state index in [1.54, 1.807) is 40.2 Å². The van der Waals surface area contributed by atoms with Crippen LogP contribution in [0.3, 0.4) is 0 Å². The molecule has 7 heteroatoms. The van der Waals surface area contributed by atoms with Crippen molar-refractivity contribution in [2.45, 2.75) is 12.5 Å². The predicted octanol–water partition coefficient (Wildman–Crippen LogP) is 5.78. The van der Waals surface area contributed by atoms with Gasteiger partial charge < -0.3 is 4.90 Å². The van der Waals surface area contributed by atoms with Crippen LogP contribution in [0.5, 0.6) is 0 Å². The number of nitrogens with zero attached hydrogens (tertiary/aromatic N) is 2. The van der Waals surface area contributed by atoms with Gasteiger partial charge in [0.25, 0.3) is 5.91 Å². The lowest BCUT2D eigenvalue weighted by Gasteiger charge is -2.35. The van der Waals surface area contributed by atoms with Gasteiger partial charge in [-0.15, -0.1) is 34.0 Å². The third-order valence-corrected chi connectivity index (χ3v) is 8.16. The molecule has 0 spiro atoms. The number of thiophene rings is 3. The van der Waals surface area contributed by atoms with Gasteiger partial charge in [0.1, 0.15) is 9.88 Å². The largest absolute Gasteiger partial charge is 0.326 e. The summed E-state index contributed by atoms with van der Waals surface area (Å²) in [5, 5.41) is 9.24. The maximum absolute atomic E-state index is 13.3. The fourth-order valence-electron chi connectivity index (χ4n) is 3.32. The van der Waals surface area contributed by atoms with E-state index in [0.29, 0.717) is 4.88 Å². The SMILES string of the molecule is O=C(c1cnc(-c2ccsc2)s1)N1CCc2sccc2C1c1cccs1. The van der Waals surface area contributed by atoms with E-state index >= 15 is 0 Å². The van der Waals surface area contributed by atoms with Crippen molar-refractivity contribution in [3.63, 3.8) is 0 Å².